The number of nitrogens with one attached hydrogen (secondary N) is 1. The summed E-state index contributed by atoms with van der Waals surface area (Å²) in [6.07, 6.45) is 0. The maximum absolute atomic E-state index is 5.78. The Morgan fingerprint density at radius 1 is 1.23 bits per heavy atom. The highest BCUT2D eigenvalue weighted by Crippen LogP contribution is 2.23. The van der Waals surface area contributed by atoms with Crippen molar-refractivity contribution >= 4 is 23.2 Å². The summed E-state index contributed by atoms with van der Waals surface area (Å²) in [6, 6.07) is 5.15. The quantitative estimate of drug-likeness (QED) is 0.787. The average Bonchev–Trinajstić information content (AvgIpc) is 2.03. The van der Waals surface area contributed by atoms with Gasteiger partial charge < -0.3 is 10.1 Å². The fourth-order valence-electron chi connectivity index (χ4n) is 0.883. The highest BCUT2D eigenvalue weighted by atomic mass is 35.5. The summed E-state index contributed by atoms with van der Waals surface area (Å²) in [5.41, 5.74) is 0. The molecule has 1 aromatic carbocycles. The van der Waals surface area contributed by atoms with Crippen LogP contribution in [0.5, 0.6) is 5.75 Å². The molecule has 0 spiro atoms. The maximum atomic E-state index is 5.78. The molecular weight excluding hydrogens is 209 g/mol. The van der Waals surface area contributed by atoms with Crippen molar-refractivity contribution in [2.24, 2.45) is 0 Å². The largest absolute Gasteiger partial charge is 0.492 e. The third-order valence-corrected chi connectivity index (χ3v) is 1.89. The molecule has 1 rings (SSSR count). The van der Waals surface area contributed by atoms with Crippen molar-refractivity contribution in [3.63, 3.8) is 0 Å². The molecule has 0 heterocycles. The van der Waals surface area contributed by atoms with Gasteiger partial charge in [0, 0.05) is 16.6 Å². The molecule has 0 radical (unpaired) electrons. The molecule has 0 aliphatic rings. The minimum atomic E-state index is 0.590. The summed E-state index contributed by atoms with van der Waals surface area (Å²) in [6.45, 7) is 1.40. The van der Waals surface area contributed by atoms with Crippen LogP contribution in [0.3, 0.4) is 0 Å². The Labute approximate surface area is 87.8 Å². The molecule has 0 fully saturated rings. The van der Waals surface area contributed by atoms with Gasteiger partial charge in [0.1, 0.15) is 12.4 Å². The summed E-state index contributed by atoms with van der Waals surface area (Å²) >= 11 is 11.6. The first kappa shape index (κ1) is 10.6. The van der Waals surface area contributed by atoms with Gasteiger partial charge in [0.05, 0.1) is 0 Å². The van der Waals surface area contributed by atoms with Crippen molar-refractivity contribution in [2.75, 3.05) is 20.2 Å². The van der Waals surface area contributed by atoms with E-state index in [0.29, 0.717) is 22.4 Å². The minimum absolute atomic E-state index is 0.590. The van der Waals surface area contributed by atoms with E-state index in [9.17, 15) is 0 Å². The van der Waals surface area contributed by atoms with E-state index in [1.54, 1.807) is 18.2 Å². The van der Waals surface area contributed by atoms with Crippen LogP contribution >= 0.6 is 23.2 Å². The summed E-state index contributed by atoms with van der Waals surface area (Å²) < 4.78 is 5.38. The van der Waals surface area contributed by atoms with Crippen molar-refractivity contribution in [2.45, 2.75) is 0 Å². The van der Waals surface area contributed by atoms with E-state index in [-0.39, 0.29) is 0 Å². The van der Waals surface area contributed by atoms with Crippen molar-refractivity contribution < 1.29 is 4.74 Å². The van der Waals surface area contributed by atoms with E-state index in [4.69, 9.17) is 27.9 Å². The lowest BCUT2D eigenvalue weighted by Crippen LogP contribution is -2.15. The Bertz CT molecular complexity index is 258. The second kappa shape index (κ2) is 5.32. The zero-order valence-corrected chi connectivity index (χ0v) is 8.82. The molecule has 0 saturated heterocycles. The van der Waals surface area contributed by atoms with Crippen molar-refractivity contribution in [3.05, 3.63) is 28.2 Å². The smallest absolute Gasteiger partial charge is 0.122 e. The Morgan fingerprint density at radius 3 is 2.38 bits per heavy atom. The Balaban J connectivity index is 2.56. The number of hydrogen-bond donors (Lipinski definition) is 1. The van der Waals surface area contributed by atoms with Gasteiger partial charge in [0.2, 0.25) is 0 Å². The molecule has 1 aromatic rings. The van der Waals surface area contributed by atoms with Crippen molar-refractivity contribution in [1.29, 1.82) is 0 Å². The molecule has 0 aliphatic heterocycles. The van der Waals surface area contributed by atoms with Gasteiger partial charge in [-0.25, -0.2) is 0 Å². The number of ether oxygens (including phenoxy) is 1. The number of halogens is 2. The topological polar surface area (TPSA) is 21.3 Å². The highest BCUT2D eigenvalue weighted by molar-refractivity contribution is 6.34. The number of benzene rings is 1. The Kier molecular flexibility index (Phi) is 4.36. The first-order chi connectivity index (χ1) is 6.22. The van der Waals surface area contributed by atoms with Gasteiger partial charge in [-0.2, -0.15) is 0 Å². The van der Waals surface area contributed by atoms with Gasteiger partial charge in [-0.1, -0.05) is 23.2 Å². The van der Waals surface area contributed by atoms with Crippen LogP contribution in [0.25, 0.3) is 0 Å². The summed E-state index contributed by atoms with van der Waals surface area (Å²) in [4.78, 5) is 0. The first-order valence-electron chi connectivity index (χ1n) is 3.96. The van der Waals surface area contributed by atoms with Crippen LogP contribution in [0, 0.1) is 0 Å². The molecule has 0 saturated carbocycles. The molecule has 0 atom stereocenters. The monoisotopic (exact) mass is 219 g/mol. The molecule has 4 heteroatoms. The van der Waals surface area contributed by atoms with E-state index < -0.39 is 0 Å². The van der Waals surface area contributed by atoms with Crippen LogP contribution in [0.15, 0.2) is 18.2 Å². The second-order valence-electron chi connectivity index (χ2n) is 2.56. The molecule has 0 aromatic heterocycles. The SMILES string of the molecule is CNCCOc1cc(Cl)cc(Cl)c1. The molecular formula is C9H11Cl2NO. The Hall–Kier alpha value is -0.440. The zero-order chi connectivity index (χ0) is 9.68. The zero-order valence-electron chi connectivity index (χ0n) is 7.31. The van der Waals surface area contributed by atoms with Crippen LogP contribution in [0.2, 0.25) is 10.0 Å². The first-order valence-corrected chi connectivity index (χ1v) is 4.71. The van der Waals surface area contributed by atoms with Crippen LogP contribution in [-0.2, 0) is 0 Å². The summed E-state index contributed by atoms with van der Waals surface area (Å²) in [5, 5.41) is 4.16. The number of rotatable bonds is 4. The summed E-state index contributed by atoms with van der Waals surface area (Å²) in [7, 11) is 1.87. The lowest BCUT2D eigenvalue weighted by Gasteiger charge is -2.06. The van der Waals surface area contributed by atoms with Crippen LogP contribution in [-0.4, -0.2) is 20.2 Å². The molecule has 0 bridgehead atoms. The van der Waals surface area contributed by atoms with Gasteiger partial charge in [-0.15, -0.1) is 0 Å². The Morgan fingerprint density at radius 2 is 1.85 bits per heavy atom. The minimum Gasteiger partial charge on any atom is -0.492 e. The average molecular weight is 220 g/mol. The van der Waals surface area contributed by atoms with Crippen LogP contribution in [0.1, 0.15) is 0 Å². The van der Waals surface area contributed by atoms with Gasteiger partial charge in [-0.05, 0) is 25.2 Å². The lowest BCUT2D eigenvalue weighted by molar-refractivity contribution is 0.318. The molecule has 72 valence electrons. The van der Waals surface area contributed by atoms with Gasteiger partial charge >= 0.3 is 0 Å². The standard InChI is InChI=1S/C9H11Cl2NO/c1-12-2-3-13-9-5-7(10)4-8(11)6-9/h4-6,12H,2-3H2,1H3. The van der Waals surface area contributed by atoms with E-state index >= 15 is 0 Å². The van der Waals surface area contributed by atoms with E-state index in [1.807, 2.05) is 7.05 Å². The van der Waals surface area contributed by atoms with Crippen LogP contribution < -0.4 is 10.1 Å². The van der Waals surface area contributed by atoms with Crippen molar-refractivity contribution in [3.8, 4) is 5.75 Å². The molecule has 0 aliphatic carbocycles. The van der Waals surface area contributed by atoms with Crippen LogP contribution in [0.4, 0.5) is 0 Å². The number of likely N-dealkylation sites (N-methyl/N-ethyl adjacent to an activating group) is 1. The number of hydrogen-bond acceptors (Lipinski definition) is 2. The predicted octanol–water partition coefficient (Wildman–Crippen LogP) is 2.59. The second-order valence-corrected chi connectivity index (χ2v) is 3.43. The maximum Gasteiger partial charge on any atom is 0.122 e. The van der Waals surface area contributed by atoms with Gasteiger partial charge in [0.15, 0.2) is 0 Å². The fraction of sp³-hybridized carbons (Fsp3) is 0.333. The predicted molar refractivity (Wildman–Crippen MR) is 55.9 cm³/mol. The molecule has 0 amide bonds. The van der Waals surface area contributed by atoms with Gasteiger partial charge in [0.25, 0.3) is 0 Å². The lowest BCUT2D eigenvalue weighted by atomic mass is 10.3. The van der Waals surface area contributed by atoms with E-state index in [0.717, 1.165) is 6.54 Å². The molecule has 2 nitrogen and oxygen atoms in total. The molecule has 0 unspecified atom stereocenters. The van der Waals surface area contributed by atoms with E-state index in [2.05, 4.69) is 5.32 Å². The molecule has 13 heavy (non-hydrogen) atoms. The summed E-state index contributed by atoms with van der Waals surface area (Å²) in [5.74, 6) is 0.702. The van der Waals surface area contributed by atoms with Gasteiger partial charge in [-0.3, -0.25) is 0 Å². The third-order valence-electron chi connectivity index (χ3n) is 1.46. The van der Waals surface area contributed by atoms with E-state index in [1.165, 1.54) is 0 Å². The normalized spacial score (nSPS) is 10.1. The fourth-order valence-corrected chi connectivity index (χ4v) is 1.39. The third kappa shape index (κ3) is 3.85. The molecule has 1 N–H and O–H groups in total. The van der Waals surface area contributed by atoms with Crippen molar-refractivity contribution in [1.82, 2.24) is 5.32 Å². The highest BCUT2D eigenvalue weighted by Gasteiger charge is 1.98.